The Morgan fingerprint density at radius 3 is 2.54 bits per heavy atom. The SMILES string of the molecule is COC(=O)Cc1cc(OC(C)=O)cc(C)c1-c1cccc(C=O)c1. The van der Waals surface area contributed by atoms with Crippen molar-refractivity contribution in [3.63, 3.8) is 0 Å². The van der Waals surface area contributed by atoms with Gasteiger partial charge in [0.15, 0.2) is 0 Å². The molecule has 0 atom stereocenters. The lowest BCUT2D eigenvalue weighted by atomic mass is 9.92. The van der Waals surface area contributed by atoms with E-state index in [2.05, 4.69) is 0 Å². The first kappa shape index (κ1) is 17.4. The smallest absolute Gasteiger partial charge is 0.310 e. The van der Waals surface area contributed by atoms with Crippen LogP contribution >= 0.6 is 0 Å². The highest BCUT2D eigenvalue weighted by atomic mass is 16.5. The van der Waals surface area contributed by atoms with Crippen LogP contribution in [0.4, 0.5) is 0 Å². The fourth-order valence-electron chi connectivity index (χ4n) is 2.60. The third-order valence-corrected chi connectivity index (χ3v) is 3.53. The molecule has 5 heteroatoms. The van der Waals surface area contributed by atoms with E-state index in [1.165, 1.54) is 14.0 Å². The van der Waals surface area contributed by atoms with Crippen LogP contribution in [0.25, 0.3) is 11.1 Å². The highest BCUT2D eigenvalue weighted by Crippen LogP contribution is 2.32. The fraction of sp³-hybridized carbons (Fsp3) is 0.211. The molecule has 0 aliphatic heterocycles. The summed E-state index contributed by atoms with van der Waals surface area (Å²) in [7, 11) is 1.32. The molecular weight excluding hydrogens is 308 g/mol. The van der Waals surface area contributed by atoms with Crippen molar-refractivity contribution < 1.29 is 23.9 Å². The summed E-state index contributed by atoms with van der Waals surface area (Å²) in [5.41, 5.74) is 3.67. The molecule has 0 saturated carbocycles. The number of benzene rings is 2. The Kier molecular flexibility index (Phi) is 5.47. The molecule has 0 bridgehead atoms. The van der Waals surface area contributed by atoms with Gasteiger partial charge in [-0.05, 0) is 47.4 Å². The van der Waals surface area contributed by atoms with E-state index in [4.69, 9.17) is 9.47 Å². The van der Waals surface area contributed by atoms with Gasteiger partial charge in [-0.2, -0.15) is 0 Å². The Balaban J connectivity index is 2.60. The number of hydrogen-bond donors (Lipinski definition) is 0. The lowest BCUT2D eigenvalue weighted by Gasteiger charge is -2.15. The molecule has 5 nitrogen and oxygen atoms in total. The fourth-order valence-corrected chi connectivity index (χ4v) is 2.60. The van der Waals surface area contributed by atoms with Crippen molar-refractivity contribution in [2.24, 2.45) is 0 Å². The number of aryl methyl sites for hydroxylation is 1. The van der Waals surface area contributed by atoms with Crippen LogP contribution in [-0.4, -0.2) is 25.3 Å². The Bertz CT molecular complexity index is 792. The average Bonchev–Trinajstić information content (AvgIpc) is 2.53. The van der Waals surface area contributed by atoms with E-state index in [1.807, 2.05) is 13.0 Å². The molecule has 2 rings (SSSR count). The molecule has 0 fully saturated rings. The summed E-state index contributed by atoms with van der Waals surface area (Å²) >= 11 is 0. The first-order valence-corrected chi connectivity index (χ1v) is 7.39. The molecule has 2 aromatic carbocycles. The van der Waals surface area contributed by atoms with E-state index in [0.29, 0.717) is 16.9 Å². The van der Waals surface area contributed by atoms with Gasteiger partial charge in [0.2, 0.25) is 0 Å². The van der Waals surface area contributed by atoms with Crippen LogP contribution in [-0.2, 0) is 20.7 Å². The Morgan fingerprint density at radius 2 is 1.92 bits per heavy atom. The van der Waals surface area contributed by atoms with Crippen LogP contribution in [0.1, 0.15) is 28.4 Å². The van der Waals surface area contributed by atoms with E-state index in [9.17, 15) is 14.4 Å². The number of carbonyl (C=O) groups excluding carboxylic acids is 3. The second kappa shape index (κ2) is 7.55. The largest absolute Gasteiger partial charge is 0.469 e. The zero-order valence-electron chi connectivity index (χ0n) is 13.8. The first-order valence-electron chi connectivity index (χ1n) is 7.39. The minimum Gasteiger partial charge on any atom is -0.469 e. The predicted octanol–water partition coefficient (Wildman–Crippen LogP) is 3.12. The second-order valence-electron chi connectivity index (χ2n) is 5.36. The maximum atomic E-state index is 11.7. The Labute approximate surface area is 140 Å². The summed E-state index contributed by atoms with van der Waals surface area (Å²) in [6, 6.07) is 10.5. The van der Waals surface area contributed by atoms with Crippen LogP contribution in [0.15, 0.2) is 36.4 Å². The molecule has 0 heterocycles. The number of rotatable bonds is 5. The molecule has 0 aliphatic rings. The predicted molar refractivity (Wildman–Crippen MR) is 89.0 cm³/mol. The topological polar surface area (TPSA) is 69.7 Å². The van der Waals surface area contributed by atoms with Crippen LogP contribution in [0.5, 0.6) is 5.75 Å². The van der Waals surface area contributed by atoms with E-state index < -0.39 is 11.9 Å². The summed E-state index contributed by atoms with van der Waals surface area (Å²) in [6.07, 6.45) is 0.805. The molecule has 0 spiro atoms. The number of esters is 2. The quantitative estimate of drug-likeness (QED) is 0.480. The minimum atomic E-state index is -0.436. The van der Waals surface area contributed by atoms with Crippen molar-refractivity contribution in [3.8, 4) is 16.9 Å². The highest BCUT2D eigenvalue weighted by Gasteiger charge is 2.15. The molecule has 0 aliphatic carbocycles. The molecule has 0 amide bonds. The highest BCUT2D eigenvalue weighted by molar-refractivity contribution is 5.84. The molecule has 0 unspecified atom stereocenters. The average molecular weight is 326 g/mol. The number of hydrogen-bond acceptors (Lipinski definition) is 5. The van der Waals surface area contributed by atoms with Crippen molar-refractivity contribution in [2.45, 2.75) is 20.3 Å². The second-order valence-corrected chi connectivity index (χ2v) is 5.36. The van der Waals surface area contributed by atoms with Crippen LogP contribution in [0, 0.1) is 6.92 Å². The number of carbonyl (C=O) groups is 3. The van der Waals surface area contributed by atoms with Gasteiger partial charge in [0.1, 0.15) is 12.0 Å². The van der Waals surface area contributed by atoms with Gasteiger partial charge in [0.05, 0.1) is 13.5 Å². The van der Waals surface area contributed by atoms with Crippen molar-refractivity contribution >= 4 is 18.2 Å². The number of aldehydes is 1. The minimum absolute atomic E-state index is 0.0348. The molecule has 124 valence electrons. The van der Waals surface area contributed by atoms with Gasteiger partial charge in [0, 0.05) is 12.5 Å². The van der Waals surface area contributed by atoms with E-state index in [0.717, 1.165) is 23.0 Å². The van der Waals surface area contributed by atoms with E-state index in [1.54, 1.807) is 30.3 Å². The first-order chi connectivity index (χ1) is 11.4. The van der Waals surface area contributed by atoms with Gasteiger partial charge in [-0.25, -0.2) is 0 Å². The molecular formula is C19H18O5. The van der Waals surface area contributed by atoms with Crippen molar-refractivity contribution in [2.75, 3.05) is 7.11 Å². The van der Waals surface area contributed by atoms with E-state index >= 15 is 0 Å². The maximum absolute atomic E-state index is 11.7. The van der Waals surface area contributed by atoms with E-state index in [-0.39, 0.29) is 6.42 Å². The van der Waals surface area contributed by atoms with Gasteiger partial charge >= 0.3 is 11.9 Å². The summed E-state index contributed by atoms with van der Waals surface area (Å²) in [5, 5.41) is 0. The van der Waals surface area contributed by atoms with Crippen molar-refractivity contribution in [1.82, 2.24) is 0 Å². The zero-order chi connectivity index (χ0) is 17.7. The van der Waals surface area contributed by atoms with Gasteiger partial charge in [-0.3, -0.25) is 14.4 Å². The lowest BCUT2D eigenvalue weighted by Crippen LogP contribution is -2.08. The monoisotopic (exact) mass is 326 g/mol. The third kappa shape index (κ3) is 4.07. The number of methoxy groups -OCH3 is 1. The summed E-state index contributed by atoms with van der Waals surface area (Å²) < 4.78 is 9.89. The third-order valence-electron chi connectivity index (χ3n) is 3.53. The molecule has 0 aromatic heterocycles. The molecule has 0 N–H and O–H groups in total. The van der Waals surface area contributed by atoms with Gasteiger partial charge in [0.25, 0.3) is 0 Å². The lowest BCUT2D eigenvalue weighted by molar-refractivity contribution is -0.139. The van der Waals surface area contributed by atoms with Crippen LogP contribution in [0.3, 0.4) is 0 Å². The summed E-state index contributed by atoms with van der Waals surface area (Å²) in [5.74, 6) is -0.467. The molecule has 0 radical (unpaired) electrons. The Hall–Kier alpha value is -2.95. The standard InChI is InChI=1S/C19H18O5/c1-12-7-17(24-13(2)21)9-16(10-18(22)23-3)19(12)15-6-4-5-14(8-15)11-20/h4-9,11H,10H2,1-3H3. The summed E-state index contributed by atoms with van der Waals surface area (Å²) in [6.45, 7) is 3.17. The number of ether oxygens (including phenoxy) is 2. The van der Waals surface area contributed by atoms with Crippen LogP contribution < -0.4 is 4.74 Å². The van der Waals surface area contributed by atoms with Gasteiger partial charge in [-0.1, -0.05) is 18.2 Å². The van der Waals surface area contributed by atoms with Crippen LogP contribution in [0.2, 0.25) is 0 Å². The van der Waals surface area contributed by atoms with Crippen molar-refractivity contribution in [1.29, 1.82) is 0 Å². The van der Waals surface area contributed by atoms with Gasteiger partial charge in [-0.15, -0.1) is 0 Å². The zero-order valence-corrected chi connectivity index (χ0v) is 13.8. The van der Waals surface area contributed by atoms with Crippen molar-refractivity contribution in [3.05, 3.63) is 53.1 Å². The van der Waals surface area contributed by atoms with Gasteiger partial charge < -0.3 is 9.47 Å². The maximum Gasteiger partial charge on any atom is 0.310 e. The normalized spacial score (nSPS) is 10.1. The Morgan fingerprint density at radius 1 is 1.17 bits per heavy atom. The molecule has 2 aromatic rings. The molecule has 0 saturated heterocycles. The molecule has 24 heavy (non-hydrogen) atoms. The summed E-state index contributed by atoms with van der Waals surface area (Å²) in [4.78, 5) is 34.0.